The van der Waals surface area contributed by atoms with Gasteiger partial charge in [-0.2, -0.15) is 0 Å². The molecular weight excluding hydrogens is 816 g/mol. The predicted molar refractivity (Wildman–Crippen MR) is 277 cm³/mol. The summed E-state index contributed by atoms with van der Waals surface area (Å²) in [7, 11) is 1.64. The van der Waals surface area contributed by atoms with Gasteiger partial charge in [0.25, 0.3) is 0 Å². The van der Waals surface area contributed by atoms with Crippen LogP contribution >= 0.6 is 7.82 Å². The Morgan fingerprint density at radius 1 is 0.469 bits per heavy atom. The van der Waals surface area contributed by atoms with Gasteiger partial charge in [0.2, 0.25) is 5.91 Å². The van der Waals surface area contributed by atoms with Crippen LogP contribution in [0.15, 0.2) is 0 Å². The van der Waals surface area contributed by atoms with Gasteiger partial charge in [-0.1, -0.05) is 277 Å². The highest BCUT2D eigenvalue weighted by molar-refractivity contribution is 7.47. The van der Waals surface area contributed by atoms with E-state index in [0.29, 0.717) is 23.9 Å². The van der Waals surface area contributed by atoms with Crippen molar-refractivity contribution in [2.75, 3.05) is 40.9 Å². The van der Waals surface area contributed by atoms with Gasteiger partial charge < -0.3 is 19.8 Å². The largest absolute Gasteiger partial charge is 0.472 e. The zero-order valence-corrected chi connectivity index (χ0v) is 44.7. The van der Waals surface area contributed by atoms with Crippen molar-refractivity contribution in [3.63, 3.8) is 0 Å². The number of carbonyl (C=O) groups is 1. The summed E-state index contributed by atoms with van der Waals surface area (Å²) in [5.74, 6) is -0.138. The standard InChI is InChI=1S/C55H113N2O6P/c1-6-8-10-12-14-16-18-20-22-23-24-25-26-27-28-29-30-31-32-33-35-36-38-40-42-44-46-48-54(58)53(52-63-64(60,61)62-51-50-57(3,4)5)56-55(59)49-47-45-43-41-39-37-34-21-19-17-15-13-11-9-7-2/h53-54,58H,6-52H2,1-5H3,(H-,56,59,60,61)/p+1. The quantitative estimate of drug-likeness (QED) is 0.0319. The molecule has 0 heterocycles. The Morgan fingerprint density at radius 2 is 0.750 bits per heavy atom. The number of quaternary nitrogens is 1. The normalized spacial score (nSPS) is 13.9. The van der Waals surface area contributed by atoms with E-state index in [1.54, 1.807) is 0 Å². The number of aliphatic hydroxyl groups is 1. The first-order valence-corrected chi connectivity index (χ1v) is 29.9. The Bertz CT molecular complexity index is 1010. The molecule has 64 heavy (non-hydrogen) atoms. The lowest BCUT2D eigenvalue weighted by atomic mass is 10.0. The van der Waals surface area contributed by atoms with Crippen LogP contribution < -0.4 is 5.32 Å². The number of hydrogen-bond acceptors (Lipinski definition) is 5. The Morgan fingerprint density at radius 3 is 1.05 bits per heavy atom. The van der Waals surface area contributed by atoms with Crippen molar-refractivity contribution >= 4 is 13.7 Å². The summed E-state index contributed by atoms with van der Waals surface area (Å²) in [6, 6.07) is -0.754. The molecule has 384 valence electrons. The number of phosphoric acid groups is 1. The number of nitrogens with one attached hydrogen (secondary N) is 1. The van der Waals surface area contributed by atoms with E-state index in [1.165, 1.54) is 231 Å². The van der Waals surface area contributed by atoms with Crippen LogP contribution in [0.2, 0.25) is 0 Å². The van der Waals surface area contributed by atoms with Crippen LogP contribution in [0.3, 0.4) is 0 Å². The van der Waals surface area contributed by atoms with Crippen molar-refractivity contribution < 1.29 is 32.9 Å². The molecule has 8 nitrogen and oxygen atoms in total. The summed E-state index contributed by atoms with van der Waals surface area (Å²) < 4.78 is 23.8. The molecule has 3 unspecified atom stereocenters. The van der Waals surface area contributed by atoms with Gasteiger partial charge in [0.15, 0.2) is 0 Å². The molecule has 0 aromatic heterocycles. The van der Waals surface area contributed by atoms with E-state index in [9.17, 15) is 19.4 Å². The highest BCUT2D eigenvalue weighted by Gasteiger charge is 2.28. The number of hydrogen-bond donors (Lipinski definition) is 3. The fourth-order valence-electron chi connectivity index (χ4n) is 8.87. The monoisotopic (exact) mass is 930 g/mol. The second kappa shape index (κ2) is 47.6. The van der Waals surface area contributed by atoms with Gasteiger partial charge >= 0.3 is 7.82 Å². The summed E-state index contributed by atoms with van der Waals surface area (Å²) in [6.45, 7) is 4.94. The zero-order chi connectivity index (χ0) is 47.1. The number of rotatable bonds is 53. The highest BCUT2D eigenvalue weighted by Crippen LogP contribution is 2.43. The first-order valence-electron chi connectivity index (χ1n) is 28.4. The number of amides is 1. The lowest BCUT2D eigenvalue weighted by Crippen LogP contribution is -2.46. The molecule has 0 aromatic carbocycles. The Hall–Kier alpha value is -0.500. The summed E-state index contributed by atoms with van der Waals surface area (Å²) in [5.41, 5.74) is 0. The van der Waals surface area contributed by atoms with E-state index < -0.39 is 20.0 Å². The Kier molecular flexibility index (Phi) is 47.2. The van der Waals surface area contributed by atoms with Gasteiger partial charge in [-0.15, -0.1) is 0 Å². The van der Waals surface area contributed by atoms with Crippen LogP contribution in [0.4, 0.5) is 0 Å². The summed E-state index contributed by atoms with van der Waals surface area (Å²) in [6.07, 6.45) is 55.9. The van der Waals surface area contributed by atoms with Gasteiger partial charge in [-0.05, 0) is 12.8 Å². The van der Waals surface area contributed by atoms with Gasteiger partial charge in [0.1, 0.15) is 13.2 Å². The lowest BCUT2D eigenvalue weighted by molar-refractivity contribution is -0.870. The van der Waals surface area contributed by atoms with Crippen molar-refractivity contribution in [3.05, 3.63) is 0 Å². The first-order chi connectivity index (χ1) is 31.0. The third-order valence-electron chi connectivity index (χ3n) is 13.4. The van der Waals surface area contributed by atoms with Crippen LogP contribution in [-0.2, 0) is 18.4 Å². The Balaban J connectivity index is 4.08. The molecule has 0 aliphatic heterocycles. The van der Waals surface area contributed by atoms with Crippen molar-refractivity contribution in [3.8, 4) is 0 Å². The van der Waals surface area contributed by atoms with Gasteiger partial charge in [0, 0.05) is 6.42 Å². The maximum absolute atomic E-state index is 13.0. The molecule has 0 radical (unpaired) electrons. The van der Waals surface area contributed by atoms with Gasteiger partial charge in [-0.25, -0.2) is 4.57 Å². The van der Waals surface area contributed by atoms with Gasteiger partial charge in [-0.3, -0.25) is 13.8 Å². The number of likely N-dealkylation sites (N-methyl/N-ethyl adjacent to an activating group) is 1. The van der Waals surface area contributed by atoms with Crippen molar-refractivity contribution in [2.45, 2.75) is 309 Å². The molecule has 0 aromatic rings. The minimum Gasteiger partial charge on any atom is -0.391 e. The van der Waals surface area contributed by atoms with E-state index in [2.05, 4.69) is 19.2 Å². The van der Waals surface area contributed by atoms with Crippen molar-refractivity contribution in [1.82, 2.24) is 5.32 Å². The maximum atomic E-state index is 13.0. The fourth-order valence-corrected chi connectivity index (χ4v) is 9.61. The molecule has 1 amide bonds. The van der Waals surface area contributed by atoms with Crippen LogP contribution in [0.5, 0.6) is 0 Å². The van der Waals surface area contributed by atoms with E-state index >= 15 is 0 Å². The highest BCUT2D eigenvalue weighted by atomic mass is 31.2. The van der Waals surface area contributed by atoms with Crippen LogP contribution in [0.25, 0.3) is 0 Å². The molecule has 0 bridgehead atoms. The molecule has 0 saturated heterocycles. The molecule has 9 heteroatoms. The summed E-state index contributed by atoms with van der Waals surface area (Å²) >= 11 is 0. The van der Waals surface area contributed by atoms with E-state index in [0.717, 1.165) is 38.5 Å². The van der Waals surface area contributed by atoms with Crippen molar-refractivity contribution in [2.24, 2.45) is 0 Å². The topological polar surface area (TPSA) is 105 Å². The van der Waals surface area contributed by atoms with E-state index in [4.69, 9.17) is 9.05 Å². The molecule has 0 saturated carbocycles. The lowest BCUT2D eigenvalue weighted by Gasteiger charge is -2.26. The average molecular weight is 930 g/mol. The molecule has 0 aliphatic rings. The Labute approximate surface area is 399 Å². The van der Waals surface area contributed by atoms with Crippen LogP contribution in [-0.4, -0.2) is 73.4 Å². The smallest absolute Gasteiger partial charge is 0.391 e. The number of aliphatic hydroxyl groups excluding tert-OH is 1. The minimum atomic E-state index is -4.31. The number of nitrogens with zero attached hydrogens (tertiary/aromatic N) is 1. The first kappa shape index (κ1) is 63.5. The van der Waals surface area contributed by atoms with Crippen molar-refractivity contribution in [1.29, 1.82) is 0 Å². The fraction of sp³-hybridized carbons (Fsp3) is 0.982. The average Bonchev–Trinajstić information content (AvgIpc) is 3.25. The van der Waals surface area contributed by atoms with Crippen LogP contribution in [0.1, 0.15) is 296 Å². The molecule has 0 spiro atoms. The number of unbranched alkanes of at least 4 members (excludes halogenated alkanes) is 40. The molecule has 0 rings (SSSR count). The third kappa shape index (κ3) is 49.4. The molecular formula is C55H114N2O6P+. The molecule has 3 atom stereocenters. The minimum absolute atomic E-state index is 0.0790. The molecule has 0 fully saturated rings. The van der Waals surface area contributed by atoms with E-state index in [1.807, 2.05) is 21.1 Å². The maximum Gasteiger partial charge on any atom is 0.472 e. The van der Waals surface area contributed by atoms with Gasteiger partial charge in [0.05, 0.1) is 39.9 Å². The SMILES string of the molecule is CCCCCCCCCCCCCCCCCCCCCCCCCCCCCC(O)C(COP(=O)(O)OCC[N+](C)(C)C)NC(=O)CCCCCCCCCCCCCCCCC. The molecule has 0 aliphatic carbocycles. The second-order valence-corrected chi connectivity index (χ2v) is 22.5. The number of carbonyl (C=O) groups excluding carboxylic acids is 1. The molecule has 3 N–H and O–H groups in total. The second-order valence-electron chi connectivity index (χ2n) is 21.0. The zero-order valence-electron chi connectivity index (χ0n) is 43.8. The number of phosphoric ester groups is 1. The summed E-state index contributed by atoms with van der Waals surface area (Å²) in [5, 5.41) is 14.1. The third-order valence-corrected chi connectivity index (χ3v) is 14.3. The predicted octanol–water partition coefficient (Wildman–Crippen LogP) is 16.9. The van der Waals surface area contributed by atoms with E-state index in [-0.39, 0.29) is 19.1 Å². The summed E-state index contributed by atoms with van der Waals surface area (Å²) in [4.78, 5) is 23.3. The van der Waals surface area contributed by atoms with Crippen LogP contribution in [0, 0.1) is 0 Å².